The molecule has 1 N–H and O–H groups in total. The van der Waals surface area contributed by atoms with Gasteiger partial charge in [-0.2, -0.15) is 0 Å². The fourth-order valence-corrected chi connectivity index (χ4v) is 2.77. The third-order valence-corrected chi connectivity index (χ3v) is 3.90. The maximum Gasteiger partial charge on any atom is 0.271 e. The van der Waals surface area contributed by atoms with E-state index in [-0.39, 0.29) is 11.3 Å². The Labute approximate surface area is 122 Å². The molecule has 0 saturated heterocycles. The van der Waals surface area contributed by atoms with Crippen LogP contribution < -0.4 is 10.9 Å². The number of nitrogens with one attached hydrogen (secondary N) is 1. The van der Waals surface area contributed by atoms with Crippen molar-refractivity contribution in [3.63, 3.8) is 0 Å². The zero-order valence-electron chi connectivity index (χ0n) is 11.0. The number of halogens is 1. The van der Waals surface area contributed by atoms with Crippen LogP contribution in [-0.2, 0) is 0 Å². The van der Waals surface area contributed by atoms with Gasteiger partial charge in [0.15, 0.2) is 4.96 Å². The Kier molecular flexibility index (Phi) is 3.26. The van der Waals surface area contributed by atoms with Crippen LogP contribution in [0.15, 0.2) is 40.6 Å². The smallest absolute Gasteiger partial charge is 0.271 e. The molecule has 21 heavy (non-hydrogen) atoms. The minimum absolute atomic E-state index is 0.0849. The standard InChI is InChI=1S/C14H10FN3O2S/c1-8-7-21-14-16-6-11(13(20)18(8)14)12(19)17-10-4-2-3-9(15)5-10/h2-7H,1H3,(H,17,19). The summed E-state index contributed by atoms with van der Waals surface area (Å²) in [6.45, 7) is 1.76. The molecule has 0 spiro atoms. The molecule has 0 aliphatic rings. The summed E-state index contributed by atoms with van der Waals surface area (Å²) in [5.41, 5.74) is 0.477. The zero-order valence-corrected chi connectivity index (χ0v) is 11.8. The first kappa shape index (κ1) is 13.4. The van der Waals surface area contributed by atoms with Crippen molar-refractivity contribution in [1.82, 2.24) is 9.38 Å². The lowest BCUT2D eigenvalue weighted by Crippen LogP contribution is -2.26. The number of fused-ring (bicyclic) bond motifs is 1. The zero-order chi connectivity index (χ0) is 15.0. The van der Waals surface area contributed by atoms with Gasteiger partial charge in [-0.25, -0.2) is 9.37 Å². The van der Waals surface area contributed by atoms with Crippen LogP contribution in [0.3, 0.4) is 0 Å². The van der Waals surface area contributed by atoms with E-state index in [1.807, 2.05) is 0 Å². The van der Waals surface area contributed by atoms with Gasteiger partial charge in [-0.1, -0.05) is 6.07 Å². The van der Waals surface area contributed by atoms with Gasteiger partial charge in [0.2, 0.25) is 0 Å². The minimum atomic E-state index is -0.613. The number of carbonyl (C=O) groups excluding carboxylic acids is 1. The van der Waals surface area contributed by atoms with Crippen molar-refractivity contribution in [2.45, 2.75) is 6.92 Å². The van der Waals surface area contributed by atoms with E-state index in [1.54, 1.807) is 18.4 Å². The fourth-order valence-electron chi connectivity index (χ4n) is 1.95. The number of aryl methyl sites for hydroxylation is 1. The van der Waals surface area contributed by atoms with E-state index in [0.29, 0.717) is 10.7 Å². The van der Waals surface area contributed by atoms with Gasteiger partial charge in [0.05, 0.1) is 0 Å². The van der Waals surface area contributed by atoms with Gasteiger partial charge in [-0.05, 0) is 25.1 Å². The van der Waals surface area contributed by atoms with Gasteiger partial charge in [-0.3, -0.25) is 14.0 Å². The maximum absolute atomic E-state index is 13.1. The molecule has 5 nitrogen and oxygen atoms in total. The van der Waals surface area contributed by atoms with E-state index in [0.717, 1.165) is 0 Å². The highest BCUT2D eigenvalue weighted by atomic mass is 32.1. The topological polar surface area (TPSA) is 63.5 Å². The Hall–Kier alpha value is -2.54. The Morgan fingerprint density at radius 3 is 3.00 bits per heavy atom. The van der Waals surface area contributed by atoms with Crippen LogP contribution in [0, 0.1) is 12.7 Å². The predicted octanol–water partition coefficient (Wildman–Crippen LogP) is 2.46. The summed E-state index contributed by atoms with van der Waals surface area (Å²) < 4.78 is 14.5. The molecular weight excluding hydrogens is 293 g/mol. The first-order chi connectivity index (χ1) is 10.1. The van der Waals surface area contributed by atoms with Crippen molar-refractivity contribution in [2.75, 3.05) is 5.32 Å². The summed E-state index contributed by atoms with van der Waals surface area (Å²) in [5, 5.41) is 4.28. The summed E-state index contributed by atoms with van der Waals surface area (Å²) in [6, 6.07) is 5.47. The van der Waals surface area contributed by atoms with Crippen LogP contribution in [0.5, 0.6) is 0 Å². The highest BCUT2D eigenvalue weighted by Gasteiger charge is 2.15. The highest BCUT2D eigenvalue weighted by molar-refractivity contribution is 7.15. The number of nitrogens with zero attached hydrogens (tertiary/aromatic N) is 2. The number of aromatic nitrogens is 2. The summed E-state index contributed by atoms with van der Waals surface area (Å²) >= 11 is 1.33. The fraction of sp³-hybridized carbons (Fsp3) is 0.0714. The molecule has 2 aromatic heterocycles. The predicted molar refractivity (Wildman–Crippen MR) is 78.4 cm³/mol. The molecular formula is C14H10FN3O2S. The molecule has 1 aromatic carbocycles. The molecule has 7 heteroatoms. The van der Waals surface area contributed by atoms with Crippen molar-refractivity contribution in [2.24, 2.45) is 0 Å². The second-order valence-corrected chi connectivity index (χ2v) is 5.27. The summed E-state index contributed by atoms with van der Waals surface area (Å²) in [4.78, 5) is 29.1. The molecule has 0 saturated carbocycles. The van der Waals surface area contributed by atoms with Crippen LogP contribution in [-0.4, -0.2) is 15.3 Å². The van der Waals surface area contributed by atoms with Crippen LogP contribution in [0.1, 0.15) is 16.1 Å². The molecule has 2 heterocycles. The Bertz CT molecular complexity index is 901. The van der Waals surface area contributed by atoms with Gasteiger partial charge in [0, 0.05) is 23.0 Å². The van der Waals surface area contributed by atoms with Gasteiger partial charge in [-0.15, -0.1) is 11.3 Å². The third kappa shape index (κ3) is 2.43. The van der Waals surface area contributed by atoms with Crippen LogP contribution in [0.25, 0.3) is 4.96 Å². The molecule has 3 aromatic rings. The number of rotatable bonds is 2. The normalized spacial score (nSPS) is 10.8. The number of carbonyl (C=O) groups is 1. The first-order valence-corrected chi connectivity index (χ1v) is 6.97. The van der Waals surface area contributed by atoms with Crippen molar-refractivity contribution < 1.29 is 9.18 Å². The summed E-state index contributed by atoms with van der Waals surface area (Å²) in [5.74, 6) is -1.08. The largest absolute Gasteiger partial charge is 0.322 e. The first-order valence-electron chi connectivity index (χ1n) is 6.09. The van der Waals surface area contributed by atoms with E-state index < -0.39 is 17.3 Å². The number of hydrogen-bond donors (Lipinski definition) is 1. The second kappa shape index (κ2) is 5.10. The van der Waals surface area contributed by atoms with Gasteiger partial charge in [0.25, 0.3) is 11.5 Å². The average Bonchev–Trinajstić information content (AvgIpc) is 2.81. The Balaban J connectivity index is 2.00. The van der Waals surface area contributed by atoms with Gasteiger partial charge < -0.3 is 5.32 Å². The third-order valence-electron chi connectivity index (χ3n) is 2.94. The molecule has 0 unspecified atom stereocenters. The van der Waals surface area contributed by atoms with E-state index in [1.165, 1.54) is 40.1 Å². The van der Waals surface area contributed by atoms with Crippen LogP contribution in [0.4, 0.5) is 10.1 Å². The maximum atomic E-state index is 13.1. The monoisotopic (exact) mass is 303 g/mol. The summed E-state index contributed by atoms with van der Waals surface area (Å²) in [7, 11) is 0. The number of benzene rings is 1. The quantitative estimate of drug-likeness (QED) is 0.791. The number of amides is 1. The molecule has 3 rings (SSSR count). The minimum Gasteiger partial charge on any atom is -0.322 e. The van der Waals surface area contributed by atoms with E-state index in [4.69, 9.17) is 0 Å². The SMILES string of the molecule is Cc1csc2ncc(C(=O)Nc3cccc(F)c3)c(=O)n12. The second-order valence-electron chi connectivity index (χ2n) is 4.44. The van der Waals surface area contributed by atoms with Crippen LogP contribution >= 0.6 is 11.3 Å². The molecule has 0 aliphatic heterocycles. The van der Waals surface area contributed by atoms with E-state index in [9.17, 15) is 14.0 Å². The van der Waals surface area contributed by atoms with Gasteiger partial charge >= 0.3 is 0 Å². The lowest BCUT2D eigenvalue weighted by molar-refractivity contribution is 0.102. The summed E-state index contributed by atoms with van der Waals surface area (Å²) in [6.07, 6.45) is 1.24. The number of hydrogen-bond acceptors (Lipinski definition) is 4. The molecule has 106 valence electrons. The van der Waals surface area contributed by atoms with Crippen molar-refractivity contribution in [1.29, 1.82) is 0 Å². The highest BCUT2D eigenvalue weighted by Crippen LogP contribution is 2.13. The molecule has 1 amide bonds. The van der Waals surface area contributed by atoms with Crippen molar-refractivity contribution >= 4 is 27.9 Å². The molecule has 0 fully saturated rings. The van der Waals surface area contributed by atoms with E-state index in [2.05, 4.69) is 10.3 Å². The Morgan fingerprint density at radius 2 is 2.24 bits per heavy atom. The molecule has 0 radical (unpaired) electrons. The molecule has 0 aliphatic carbocycles. The average molecular weight is 303 g/mol. The lowest BCUT2D eigenvalue weighted by atomic mass is 10.2. The van der Waals surface area contributed by atoms with Crippen LogP contribution in [0.2, 0.25) is 0 Å². The molecule has 0 bridgehead atoms. The number of anilines is 1. The number of thiazole rings is 1. The molecule has 0 atom stereocenters. The van der Waals surface area contributed by atoms with Gasteiger partial charge in [0.1, 0.15) is 11.4 Å². The van der Waals surface area contributed by atoms with Crippen molar-refractivity contribution in [3.8, 4) is 0 Å². The van der Waals surface area contributed by atoms with Crippen molar-refractivity contribution in [3.05, 3.63) is 63.3 Å². The Morgan fingerprint density at radius 1 is 1.43 bits per heavy atom. The lowest BCUT2D eigenvalue weighted by Gasteiger charge is -2.05. The van der Waals surface area contributed by atoms with E-state index >= 15 is 0 Å².